The number of rotatable bonds is 5. The lowest BCUT2D eigenvalue weighted by Gasteiger charge is -2.10. The van der Waals surface area contributed by atoms with Crippen LogP contribution in [0, 0.1) is 12.8 Å². The van der Waals surface area contributed by atoms with E-state index in [0.29, 0.717) is 16.0 Å². The molecule has 0 aromatic heterocycles. The number of hydrogen-bond acceptors (Lipinski definition) is 3. The van der Waals surface area contributed by atoms with Gasteiger partial charge in [-0.25, -0.2) is 17.9 Å². The van der Waals surface area contributed by atoms with Crippen LogP contribution in [0.2, 0.25) is 0 Å². The van der Waals surface area contributed by atoms with E-state index >= 15 is 0 Å². The van der Waals surface area contributed by atoms with Crippen molar-refractivity contribution in [2.75, 3.05) is 0 Å². The first-order chi connectivity index (χ1) is 9.26. The first-order valence-corrected chi connectivity index (χ1v) is 8.59. The van der Waals surface area contributed by atoms with Crippen LogP contribution in [0.15, 0.2) is 21.5 Å². The van der Waals surface area contributed by atoms with E-state index in [9.17, 15) is 13.2 Å². The van der Waals surface area contributed by atoms with E-state index in [1.165, 1.54) is 12.1 Å². The summed E-state index contributed by atoms with van der Waals surface area (Å²) in [5.41, 5.74) is 0.497. The fourth-order valence-electron chi connectivity index (χ4n) is 2.14. The first kappa shape index (κ1) is 15.5. The van der Waals surface area contributed by atoms with Crippen molar-refractivity contribution in [2.24, 2.45) is 5.92 Å². The summed E-state index contributed by atoms with van der Waals surface area (Å²) < 4.78 is 27.6. The molecule has 1 fully saturated rings. The maximum Gasteiger partial charge on any atom is 0.336 e. The minimum absolute atomic E-state index is 0.0115. The summed E-state index contributed by atoms with van der Waals surface area (Å²) in [6.07, 6.45) is 1.78. The Morgan fingerprint density at radius 3 is 2.65 bits per heavy atom. The minimum Gasteiger partial charge on any atom is -0.478 e. The van der Waals surface area contributed by atoms with Crippen LogP contribution in [0.3, 0.4) is 0 Å². The van der Waals surface area contributed by atoms with Crippen molar-refractivity contribution in [3.8, 4) is 0 Å². The lowest BCUT2D eigenvalue weighted by Crippen LogP contribution is -2.27. The van der Waals surface area contributed by atoms with Crippen molar-refractivity contribution in [3.63, 3.8) is 0 Å². The third-order valence-electron chi connectivity index (χ3n) is 3.61. The van der Waals surface area contributed by atoms with Crippen molar-refractivity contribution in [1.29, 1.82) is 0 Å². The molecule has 0 bridgehead atoms. The Labute approximate surface area is 126 Å². The number of carboxylic acids is 1. The molecule has 0 saturated heterocycles. The van der Waals surface area contributed by atoms with Gasteiger partial charge in [0, 0.05) is 10.5 Å². The standard InChI is InChI=1S/C13H16BrNO4S/c1-3-8-4-12(8)15-20(18,19)9-5-10(13(16)17)7(2)11(14)6-9/h5-6,8,12,15H,3-4H2,1-2H3,(H,16,17). The molecular weight excluding hydrogens is 346 g/mol. The van der Waals surface area contributed by atoms with Gasteiger partial charge < -0.3 is 5.11 Å². The predicted octanol–water partition coefficient (Wildman–Crippen LogP) is 2.53. The Morgan fingerprint density at radius 2 is 2.15 bits per heavy atom. The summed E-state index contributed by atoms with van der Waals surface area (Å²) in [5.74, 6) is -0.754. The fourth-order valence-corrected chi connectivity index (χ4v) is 4.12. The Bertz CT molecular complexity index is 657. The SMILES string of the molecule is CCC1CC1NS(=O)(=O)c1cc(Br)c(C)c(C(=O)O)c1. The molecule has 20 heavy (non-hydrogen) atoms. The molecule has 1 saturated carbocycles. The fraction of sp³-hybridized carbons (Fsp3) is 0.462. The molecule has 110 valence electrons. The molecule has 1 aromatic carbocycles. The van der Waals surface area contributed by atoms with Gasteiger partial charge in [-0.2, -0.15) is 0 Å². The van der Waals surface area contributed by atoms with Gasteiger partial charge in [0.15, 0.2) is 0 Å². The van der Waals surface area contributed by atoms with E-state index in [4.69, 9.17) is 5.11 Å². The molecule has 5 nitrogen and oxygen atoms in total. The lowest BCUT2D eigenvalue weighted by atomic mass is 10.1. The Balaban J connectivity index is 2.35. The van der Waals surface area contributed by atoms with Gasteiger partial charge in [-0.1, -0.05) is 29.3 Å². The van der Waals surface area contributed by atoms with Crippen LogP contribution < -0.4 is 4.72 Å². The van der Waals surface area contributed by atoms with E-state index in [-0.39, 0.29) is 16.5 Å². The molecule has 7 heteroatoms. The van der Waals surface area contributed by atoms with Crippen LogP contribution in [0.4, 0.5) is 0 Å². The molecule has 2 N–H and O–H groups in total. The summed E-state index contributed by atoms with van der Waals surface area (Å²) in [4.78, 5) is 11.1. The summed E-state index contributed by atoms with van der Waals surface area (Å²) >= 11 is 3.21. The second kappa shape index (κ2) is 5.46. The van der Waals surface area contributed by atoms with Crippen molar-refractivity contribution < 1.29 is 18.3 Å². The molecule has 0 aliphatic heterocycles. The van der Waals surface area contributed by atoms with Crippen molar-refractivity contribution in [1.82, 2.24) is 4.72 Å². The Hall–Kier alpha value is -0.920. The normalized spacial score (nSPS) is 21.8. The third-order valence-corrected chi connectivity index (χ3v) is 5.91. The maximum atomic E-state index is 12.3. The van der Waals surface area contributed by atoms with Gasteiger partial charge in [-0.05, 0) is 37.0 Å². The van der Waals surface area contributed by atoms with Crippen LogP contribution in [0.25, 0.3) is 0 Å². The lowest BCUT2D eigenvalue weighted by molar-refractivity contribution is 0.0695. The molecule has 0 radical (unpaired) electrons. The topological polar surface area (TPSA) is 83.5 Å². The highest BCUT2D eigenvalue weighted by Crippen LogP contribution is 2.35. The number of halogens is 1. The van der Waals surface area contributed by atoms with Crippen molar-refractivity contribution >= 4 is 31.9 Å². The van der Waals surface area contributed by atoms with Gasteiger partial charge in [0.2, 0.25) is 10.0 Å². The summed E-state index contributed by atoms with van der Waals surface area (Å²) in [7, 11) is -3.68. The predicted molar refractivity (Wildman–Crippen MR) is 78.3 cm³/mol. The maximum absolute atomic E-state index is 12.3. The second-order valence-electron chi connectivity index (χ2n) is 5.01. The van der Waals surface area contributed by atoms with E-state index in [1.807, 2.05) is 6.92 Å². The average molecular weight is 362 g/mol. The number of carbonyl (C=O) groups is 1. The zero-order valence-electron chi connectivity index (χ0n) is 11.2. The highest BCUT2D eigenvalue weighted by atomic mass is 79.9. The second-order valence-corrected chi connectivity index (χ2v) is 7.58. The molecule has 1 aromatic rings. The van der Waals surface area contributed by atoms with Gasteiger partial charge in [0.25, 0.3) is 0 Å². The Morgan fingerprint density at radius 1 is 1.50 bits per heavy atom. The average Bonchev–Trinajstić information content (AvgIpc) is 3.09. The van der Waals surface area contributed by atoms with E-state index < -0.39 is 16.0 Å². The van der Waals surface area contributed by atoms with Crippen molar-refractivity contribution in [3.05, 3.63) is 27.7 Å². The molecule has 2 rings (SSSR count). The summed E-state index contributed by atoms with van der Waals surface area (Å²) in [5, 5.41) is 9.12. The van der Waals surface area contributed by atoms with Gasteiger partial charge >= 0.3 is 5.97 Å². The highest BCUT2D eigenvalue weighted by molar-refractivity contribution is 9.10. The summed E-state index contributed by atoms with van der Waals surface area (Å²) in [6, 6.07) is 2.61. The van der Waals surface area contributed by atoms with E-state index in [1.54, 1.807) is 6.92 Å². The summed E-state index contributed by atoms with van der Waals surface area (Å²) in [6.45, 7) is 3.65. The molecule has 2 unspecified atom stereocenters. The third kappa shape index (κ3) is 3.05. The smallest absolute Gasteiger partial charge is 0.336 e. The van der Waals surface area contributed by atoms with Gasteiger partial charge in [-0.15, -0.1) is 0 Å². The Kier molecular flexibility index (Phi) is 4.22. The minimum atomic E-state index is -3.68. The van der Waals surface area contributed by atoms with Crippen LogP contribution in [-0.2, 0) is 10.0 Å². The molecule has 1 aliphatic rings. The molecule has 1 aliphatic carbocycles. The van der Waals surface area contributed by atoms with Crippen LogP contribution >= 0.6 is 15.9 Å². The molecule has 0 amide bonds. The number of hydrogen-bond donors (Lipinski definition) is 2. The molecule has 2 atom stereocenters. The number of aromatic carboxylic acids is 1. The van der Waals surface area contributed by atoms with Crippen molar-refractivity contribution in [2.45, 2.75) is 37.6 Å². The first-order valence-electron chi connectivity index (χ1n) is 6.32. The van der Waals surface area contributed by atoms with Crippen LogP contribution in [0.1, 0.15) is 35.7 Å². The zero-order chi connectivity index (χ0) is 15.1. The number of benzene rings is 1. The molecule has 0 heterocycles. The number of carboxylic acid groups (broad SMARTS) is 1. The quantitative estimate of drug-likeness (QED) is 0.843. The van der Waals surface area contributed by atoms with Gasteiger partial charge in [0.1, 0.15) is 0 Å². The largest absolute Gasteiger partial charge is 0.478 e. The van der Waals surface area contributed by atoms with Gasteiger partial charge in [0.05, 0.1) is 10.5 Å². The molecule has 0 spiro atoms. The van der Waals surface area contributed by atoms with E-state index in [0.717, 1.165) is 12.8 Å². The highest BCUT2D eigenvalue weighted by Gasteiger charge is 2.38. The number of sulfonamides is 1. The van der Waals surface area contributed by atoms with E-state index in [2.05, 4.69) is 20.7 Å². The monoisotopic (exact) mass is 361 g/mol. The number of nitrogens with one attached hydrogen (secondary N) is 1. The van der Waals surface area contributed by atoms with Crippen LogP contribution in [-0.4, -0.2) is 25.5 Å². The van der Waals surface area contributed by atoms with Gasteiger partial charge in [-0.3, -0.25) is 0 Å². The van der Waals surface area contributed by atoms with Crippen LogP contribution in [0.5, 0.6) is 0 Å². The molecular formula is C13H16BrNO4S. The zero-order valence-corrected chi connectivity index (χ0v) is 13.6.